The van der Waals surface area contributed by atoms with Crippen LogP contribution in [0.3, 0.4) is 0 Å². The van der Waals surface area contributed by atoms with Gasteiger partial charge in [-0.3, -0.25) is 0 Å². The number of halogens is 3. The molecule has 0 unspecified atom stereocenters. The molecular formula is C14H12BrF2NO. The zero-order chi connectivity index (χ0) is 14.0. The van der Waals surface area contributed by atoms with Crippen LogP contribution in [0.25, 0.3) is 0 Å². The fourth-order valence-electron chi connectivity index (χ4n) is 1.66. The van der Waals surface area contributed by atoms with Crippen LogP contribution in [-0.4, -0.2) is 0 Å². The number of nitrogens with two attached hydrogens (primary N) is 1. The second-order valence-electron chi connectivity index (χ2n) is 4.12. The molecule has 0 aliphatic carbocycles. The van der Waals surface area contributed by atoms with E-state index in [4.69, 9.17) is 10.5 Å². The van der Waals surface area contributed by atoms with E-state index in [9.17, 15) is 8.78 Å². The van der Waals surface area contributed by atoms with E-state index in [0.717, 1.165) is 0 Å². The minimum atomic E-state index is -0.576. The number of hydrogen-bond acceptors (Lipinski definition) is 2. The van der Waals surface area contributed by atoms with Gasteiger partial charge in [0, 0.05) is 16.1 Å². The average Bonchev–Trinajstić information content (AvgIpc) is 2.34. The van der Waals surface area contributed by atoms with Gasteiger partial charge in [-0.1, -0.05) is 28.1 Å². The lowest BCUT2D eigenvalue weighted by atomic mass is 10.1. The van der Waals surface area contributed by atoms with Crippen molar-refractivity contribution in [2.24, 2.45) is 5.73 Å². The van der Waals surface area contributed by atoms with E-state index in [2.05, 4.69) is 15.9 Å². The van der Waals surface area contributed by atoms with E-state index in [1.54, 1.807) is 25.1 Å². The summed E-state index contributed by atoms with van der Waals surface area (Å²) in [4.78, 5) is 0. The van der Waals surface area contributed by atoms with Gasteiger partial charge >= 0.3 is 0 Å². The van der Waals surface area contributed by atoms with E-state index in [0.29, 0.717) is 10.0 Å². The molecule has 0 heterocycles. The summed E-state index contributed by atoms with van der Waals surface area (Å²) in [5.41, 5.74) is 6.24. The number of para-hydroxylation sites is 1. The Hall–Kier alpha value is -1.46. The van der Waals surface area contributed by atoms with Crippen molar-refractivity contribution >= 4 is 15.9 Å². The molecule has 0 aromatic heterocycles. The molecule has 2 aromatic carbocycles. The third-order valence-corrected chi connectivity index (χ3v) is 3.09. The summed E-state index contributed by atoms with van der Waals surface area (Å²) >= 11 is 3.14. The van der Waals surface area contributed by atoms with Crippen molar-refractivity contribution in [1.29, 1.82) is 0 Å². The van der Waals surface area contributed by atoms with Gasteiger partial charge in [-0.15, -0.1) is 0 Å². The second-order valence-corrected chi connectivity index (χ2v) is 5.04. The summed E-state index contributed by atoms with van der Waals surface area (Å²) in [6, 6.07) is 8.32. The molecule has 0 amide bonds. The van der Waals surface area contributed by atoms with Crippen molar-refractivity contribution in [2.45, 2.75) is 13.0 Å². The monoisotopic (exact) mass is 327 g/mol. The summed E-state index contributed by atoms with van der Waals surface area (Å²) < 4.78 is 33.4. The molecule has 2 aromatic rings. The SMILES string of the molecule is C[C@@H](N)c1cccc(F)c1Oc1ccc(Br)cc1F. The van der Waals surface area contributed by atoms with Gasteiger partial charge in [-0.05, 0) is 31.2 Å². The van der Waals surface area contributed by atoms with Crippen LogP contribution in [0.4, 0.5) is 8.78 Å². The molecule has 2 nitrogen and oxygen atoms in total. The molecule has 2 rings (SSSR count). The number of hydrogen-bond donors (Lipinski definition) is 1. The molecule has 1 atom stereocenters. The minimum Gasteiger partial charge on any atom is -0.451 e. The molecular weight excluding hydrogens is 316 g/mol. The molecule has 0 spiro atoms. The summed E-state index contributed by atoms with van der Waals surface area (Å²) in [6.07, 6.45) is 0. The Morgan fingerprint density at radius 3 is 2.53 bits per heavy atom. The smallest absolute Gasteiger partial charge is 0.167 e. The zero-order valence-electron chi connectivity index (χ0n) is 10.2. The molecule has 5 heteroatoms. The van der Waals surface area contributed by atoms with Crippen LogP contribution in [0.5, 0.6) is 11.5 Å². The van der Waals surface area contributed by atoms with Gasteiger partial charge in [-0.25, -0.2) is 8.78 Å². The largest absolute Gasteiger partial charge is 0.451 e. The van der Waals surface area contributed by atoms with Gasteiger partial charge in [-0.2, -0.15) is 0 Å². The molecule has 0 radical (unpaired) electrons. The van der Waals surface area contributed by atoms with Crippen LogP contribution in [0, 0.1) is 11.6 Å². The van der Waals surface area contributed by atoms with Gasteiger partial charge in [0.15, 0.2) is 23.1 Å². The number of rotatable bonds is 3. The molecule has 19 heavy (non-hydrogen) atoms. The lowest BCUT2D eigenvalue weighted by molar-refractivity contribution is 0.407. The molecule has 0 saturated heterocycles. The third-order valence-electron chi connectivity index (χ3n) is 2.59. The van der Waals surface area contributed by atoms with Crippen LogP contribution >= 0.6 is 15.9 Å². The van der Waals surface area contributed by atoms with Crippen molar-refractivity contribution in [3.8, 4) is 11.5 Å². The average molecular weight is 328 g/mol. The van der Waals surface area contributed by atoms with Crippen LogP contribution in [0.1, 0.15) is 18.5 Å². The van der Waals surface area contributed by atoms with Crippen molar-refractivity contribution in [1.82, 2.24) is 0 Å². The van der Waals surface area contributed by atoms with Crippen LogP contribution < -0.4 is 10.5 Å². The summed E-state index contributed by atoms with van der Waals surface area (Å²) in [5.74, 6) is -1.24. The van der Waals surface area contributed by atoms with Gasteiger partial charge in [0.25, 0.3) is 0 Å². The normalized spacial score (nSPS) is 12.3. The molecule has 100 valence electrons. The molecule has 2 N–H and O–H groups in total. The summed E-state index contributed by atoms with van der Waals surface area (Å²) in [6.45, 7) is 1.71. The number of benzene rings is 2. The Kier molecular flexibility index (Phi) is 4.17. The maximum atomic E-state index is 13.8. The first-order valence-electron chi connectivity index (χ1n) is 5.66. The van der Waals surface area contributed by atoms with Crippen molar-refractivity contribution < 1.29 is 13.5 Å². The Morgan fingerprint density at radius 2 is 1.89 bits per heavy atom. The fraction of sp³-hybridized carbons (Fsp3) is 0.143. The lowest BCUT2D eigenvalue weighted by Gasteiger charge is -2.14. The Bertz CT molecular complexity index is 602. The standard InChI is InChI=1S/C14H12BrF2NO/c1-8(18)10-3-2-4-11(16)14(10)19-13-6-5-9(15)7-12(13)17/h2-8H,18H2,1H3/t8-/m1/s1. The van der Waals surface area contributed by atoms with E-state index < -0.39 is 17.7 Å². The molecule has 0 fully saturated rings. The zero-order valence-corrected chi connectivity index (χ0v) is 11.7. The van der Waals surface area contributed by atoms with Gasteiger partial charge in [0.1, 0.15) is 0 Å². The first-order valence-corrected chi connectivity index (χ1v) is 6.45. The summed E-state index contributed by atoms with van der Waals surface area (Å²) in [5, 5.41) is 0. The Morgan fingerprint density at radius 1 is 1.16 bits per heavy atom. The maximum Gasteiger partial charge on any atom is 0.167 e. The maximum absolute atomic E-state index is 13.8. The molecule has 0 saturated carbocycles. The van der Waals surface area contributed by atoms with E-state index in [1.807, 2.05) is 0 Å². The van der Waals surface area contributed by atoms with Crippen LogP contribution in [-0.2, 0) is 0 Å². The Labute approximate surface area is 118 Å². The van der Waals surface area contributed by atoms with Crippen molar-refractivity contribution in [2.75, 3.05) is 0 Å². The van der Waals surface area contributed by atoms with E-state index in [-0.39, 0.29) is 11.5 Å². The number of ether oxygens (including phenoxy) is 1. The molecule has 0 aliphatic rings. The highest BCUT2D eigenvalue weighted by molar-refractivity contribution is 9.10. The minimum absolute atomic E-state index is 0.0428. The van der Waals surface area contributed by atoms with Crippen LogP contribution in [0.15, 0.2) is 40.9 Å². The van der Waals surface area contributed by atoms with Crippen LogP contribution in [0.2, 0.25) is 0 Å². The van der Waals surface area contributed by atoms with Crippen molar-refractivity contribution in [3.05, 3.63) is 58.1 Å². The van der Waals surface area contributed by atoms with Crippen molar-refractivity contribution in [3.63, 3.8) is 0 Å². The van der Waals surface area contributed by atoms with Gasteiger partial charge < -0.3 is 10.5 Å². The predicted octanol–water partition coefficient (Wildman–Crippen LogP) is 4.54. The second kappa shape index (κ2) is 5.67. The molecule has 0 bridgehead atoms. The quantitative estimate of drug-likeness (QED) is 0.898. The first kappa shape index (κ1) is 14.0. The topological polar surface area (TPSA) is 35.2 Å². The lowest BCUT2D eigenvalue weighted by Crippen LogP contribution is -2.08. The third kappa shape index (κ3) is 3.11. The van der Waals surface area contributed by atoms with E-state index >= 15 is 0 Å². The fourth-order valence-corrected chi connectivity index (χ4v) is 1.99. The first-order chi connectivity index (χ1) is 8.99. The Balaban J connectivity index is 2.43. The van der Waals surface area contributed by atoms with Gasteiger partial charge in [0.2, 0.25) is 0 Å². The predicted molar refractivity (Wildman–Crippen MR) is 73.2 cm³/mol. The van der Waals surface area contributed by atoms with E-state index in [1.165, 1.54) is 18.2 Å². The van der Waals surface area contributed by atoms with Gasteiger partial charge in [0.05, 0.1) is 0 Å². The highest BCUT2D eigenvalue weighted by Crippen LogP contribution is 2.33. The highest BCUT2D eigenvalue weighted by atomic mass is 79.9. The summed E-state index contributed by atoms with van der Waals surface area (Å²) in [7, 11) is 0. The highest BCUT2D eigenvalue weighted by Gasteiger charge is 2.15. The molecule has 0 aliphatic heterocycles.